The van der Waals surface area contributed by atoms with E-state index in [9.17, 15) is 0 Å². The third-order valence-corrected chi connectivity index (χ3v) is 4.23. The first-order valence-electron chi connectivity index (χ1n) is 7.43. The molecule has 0 amide bonds. The van der Waals surface area contributed by atoms with E-state index in [-0.39, 0.29) is 0 Å². The van der Waals surface area contributed by atoms with E-state index < -0.39 is 0 Å². The van der Waals surface area contributed by atoms with E-state index in [1.165, 1.54) is 12.1 Å². The van der Waals surface area contributed by atoms with Crippen molar-refractivity contribution in [2.75, 3.05) is 18.0 Å². The summed E-state index contributed by atoms with van der Waals surface area (Å²) in [6.45, 7) is 6.63. The average Bonchev–Trinajstić information content (AvgIpc) is 3.08. The maximum Gasteiger partial charge on any atom is 0.124 e. The third kappa shape index (κ3) is 3.47. The largest absolute Gasteiger partial charge is 0.370 e. The lowest BCUT2D eigenvalue weighted by atomic mass is 10.2. The van der Waals surface area contributed by atoms with Crippen molar-refractivity contribution in [1.82, 2.24) is 14.9 Å². The molecule has 1 aliphatic heterocycles. The molecule has 2 heterocycles. The second-order valence-electron chi connectivity index (χ2n) is 5.87. The minimum atomic E-state index is 0.553. The Balaban J connectivity index is 1.68. The quantitative estimate of drug-likeness (QED) is 0.920. The van der Waals surface area contributed by atoms with E-state index in [1.807, 2.05) is 17.1 Å². The van der Waals surface area contributed by atoms with Gasteiger partial charge in [-0.3, -0.25) is 0 Å². The van der Waals surface area contributed by atoms with Crippen LogP contribution in [0.25, 0.3) is 5.69 Å². The summed E-state index contributed by atoms with van der Waals surface area (Å²) in [5.41, 5.74) is 2.43. The van der Waals surface area contributed by atoms with E-state index in [2.05, 4.69) is 69.2 Å². The summed E-state index contributed by atoms with van der Waals surface area (Å²) in [5, 5.41) is 3.62. The van der Waals surface area contributed by atoms with Crippen LogP contribution in [0.2, 0.25) is 0 Å². The van der Waals surface area contributed by atoms with Crippen LogP contribution < -0.4 is 10.2 Å². The Morgan fingerprint density at radius 1 is 1.24 bits per heavy atom. The summed E-state index contributed by atoms with van der Waals surface area (Å²) < 4.78 is 2.87. The Hall–Kier alpha value is -1.33. The first-order chi connectivity index (χ1) is 10.1. The van der Waals surface area contributed by atoms with Crippen molar-refractivity contribution < 1.29 is 0 Å². The Morgan fingerprint density at radius 2 is 1.95 bits per heavy atom. The van der Waals surface area contributed by atoms with Gasteiger partial charge in [-0.15, -0.1) is 0 Å². The van der Waals surface area contributed by atoms with Crippen LogP contribution in [0.4, 0.5) is 5.69 Å². The van der Waals surface area contributed by atoms with Gasteiger partial charge in [-0.1, -0.05) is 13.8 Å². The van der Waals surface area contributed by atoms with E-state index in [0.717, 1.165) is 23.4 Å². The smallest absolute Gasteiger partial charge is 0.124 e. The number of halogens is 1. The Morgan fingerprint density at radius 3 is 2.57 bits per heavy atom. The number of nitrogens with zero attached hydrogens (tertiary/aromatic N) is 3. The highest BCUT2D eigenvalue weighted by atomic mass is 79.9. The van der Waals surface area contributed by atoms with Gasteiger partial charge in [0, 0.05) is 42.7 Å². The first-order valence-corrected chi connectivity index (χ1v) is 8.22. The Bertz CT molecular complexity index is 591. The highest BCUT2D eigenvalue weighted by Crippen LogP contribution is 2.22. The van der Waals surface area contributed by atoms with Crippen LogP contribution in [0.3, 0.4) is 0 Å². The maximum atomic E-state index is 4.19. The van der Waals surface area contributed by atoms with Gasteiger partial charge in [0.2, 0.25) is 0 Å². The van der Waals surface area contributed by atoms with Crippen molar-refractivity contribution in [3.63, 3.8) is 0 Å². The van der Waals surface area contributed by atoms with Gasteiger partial charge >= 0.3 is 0 Å². The Labute approximate surface area is 134 Å². The molecule has 0 bridgehead atoms. The molecule has 1 N–H and O–H groups in total. The molecule has 0 saturated carbocycles. The molecule has 21 heavy (non-hydrogen) atoms. The van der Waals surface area contributed by atoms with E-state index in [1.54, 1.807) is 0 Å². The number of hydrogen-bond donors (Lipinski definition) is 1. The van der Waals surface area contributed by atoms with Gasteiger partial charge in [0.05, 0.1) is 0 Å². The lowest BCUT2D eigenvalue weighted by molar-refractivity contribution is 0.492. The van der Waals surface area contributed by atoms with E-state index in [4.69, 9.17) is 0 Å². The Kier molecular flexibility index (Phi) is 4.31. The highest BCUT2D eigenvalue weighted by molar-refractivity contribution is 9.10. The van der Waals surface area contributed by atoms with Crippen LogP contribution in [0.1, 0.15) is 20.3 Å². The van der Waals surface area contributed by atoms with Crippen LogP contribution in [-0.2, 0) is 0 Å². The fourth-order valence-corrected chi connectivity index (χ4v) is 3.19. The molecule has 3 rings (SSSR count). The molecule has 1 atom stereocenters. The predicted molar refractivity (Wildman–Crippen MR) is 90.2 cm³/mol. The standard InChI is InChI=1S/C16H21BrN4/c1-12(2)19-13-7-8-20(9-13)14-3-5-15(6-4-14)21-10-16(17)18-11-21/h3-6,10-13,19H,7-9H2,1-2H3/t13-/m1/s1. The van der Waals surface area contributed by atoms with Crippen molar-refractivity contribution in [3.8, 4) is 5.69 Å². The summed E-state index contributed by atoms with van der Waals surface area (Å²) in [7, 11) is 0. The summed E-state index contributed by atoms with van der Waals surface area (Å²) in [6, 6.07) is 9.84. The molecule has 0 spiro atoms. The van der Waals surface area contributed by atoms with Crippen molar-refractivity contribution in [3.05, 3.63) is 41.4 Å². The normalized spacial score (nSPS) is 18.7. The second-order valence-corrected chi connectivity index (χ2v) is 6.69. The second kappa shape index (κ2) is 6.20. The third-order valence-electron chi connectivity index (χ3n) is 3.82. The summed E-state index contributed by atoms with van der Waals surface area (Å²) in [6.07, 6.45) is 5.00. The number of aromatic nitrogens is 2. The monoisotopic (exact) mass is 348 g/mol. The molecular weight excluding hydrogens is 328 g/mol. The molecule has 0 aliphatic carbocycles. The molecule has 112 valence electrons. The van der Waals surface area contributed by atoms with Gasteiger partial charge in [-0.05, 0) is 46.6 Å². The SMILES string of the molecule is CC(C)N[C@@H]1CCN(c2ccc(-n3cnc(Br)c3)cc2)C1. The lowest BCUT2D eigenvalue weighted by Crippen LogP contribution is -2.36. The van der Waals surface area contributed by atoms with Crippen molar-refractivity contribution in [2.45, 2.75) is 32.4 Å². The summed E-state index contributed by atoms with van der Waals surface area (Å²) in [5.74, 6) is 0. The fraction of sp³-hybridized carbons (Fsp3) is 0.438. The number of rotatable bonds is 4. The molecule has 1 aliphatic rings. The maximum absolute atomic E-state index is 4.19. The van der Waals surface area contributed by atoms with Gasteiger partial charge in [0.25, 0.3) is 0 Å². The molecule has 0 unspecified atom stereocenters. The molecule has 2 aromatic rings. The molecule has 1 aromatic carbocycles. The fourth-order valence-electron chi connectivity index (χ4n) is 2.88. The molecule has 0 radical (unpaired) electrons. The predicted octanol–water partition coefficient (Wildman–Crippen LogP) is 3.21. The van der Waals surface area contributed by atoms with Gasteiger partial charge in [-0.25, -0.2) is 4.98 Å². The number of anilines is 1. The van der Waals surface area contributed by atoms with Gasteiger partial charge < -0.3 is 14.8 Å². The lowest BCUT2D eigenvalue weighted by Gasteiger charge is -2.20. The van der Waals surface area contributed by atoms with Crippen LogP contribution in [-0.4, -0.2) is 34.7 Å². The van der Waals surface area contributed by atoms with Crippen LogP contribution >= 0.6 is 15.9 Å². The van der Waals surface area contributed by atoms with E-state index in [0.29, 0.717) is 12.1 Å². The highest BCUT2D eigenvalue weighted by Gasteiger charge is 2.22. The zero-order valence-electron chi connectivity index (χ0n) is 12.5. The number of imidazole rings is 1. The zero-order valence-corrected chi connectivity index (χ0v) is 14.0. The van der Waals surface area contributed by atoms with Crippen LogP contribution in [0.5, 0.6) is 0 Å². The molecule has 1 saturated heterocycles. The zero-order chi connectivity index (χ0) is 14.8. The molecule has 1 aromatic heterocycles. The van der Waals surface area contributed by atoms with Gasteiger partial charge in [0.15, 0.2) is 0 Å². The van der Waals surface area contributed by atoms with Crippen LogP contribution in [0.15, 0.2) is 41.4 Å². The first kappa shape index (κ1) is 14.6. The number of hydrogen-bond acceptors (Lipinski definition) is 3. The van der Waals surface area contributed by atoms with Gasteiger partial charge in [0.1, 0.15) is 10.9 Å². The minimum Gasteiger partial charge on any atom is -0.370 e. The van der Waals surface area contributed by atoms with Crippen molar-refractivity contribution in [1.29, 1.82) is 0 Å². The minimum absolute atomic E-state index is 0.553. The summed E-state index contributed by atoms with van der Waals surface area (Å²) >= 11 is 3.38. The average molecular weight is 349 g/mol. The molecule has 4 nitrogen and oxygen atoms in total. The van der Waals surface area contributed by atoms with Crippen molar-refractivity contribution >= 4 is 21.6 Å². The molecular formula is C16H21BrN4. The number of nitrogens with one attached hydrogen (secondary N) is 1. The van der Waals surface area contributed by atoms with Gasteiger partial charge in [-0.2, -0.15) is 0 Å². The number of benzene rings is 1. The van der Waals surface area contributed by atoms with E-state index >= 15 is 0 Å². The summed E-state index contributed by atoms with van der Waals surface area (Å²) in [4.78, 5) is 6.64. The topological polar surface area (TPSA) is 33.1 Å². The van der Waals surface area contributed by atoms with Crippen molar-refractivity contribution in [2.24, 2.45) is 0 Å². The molecule has 1 fully saturated rings. The van der Waals surface area contributed by atoms with Crippen LogP contribution in [0, 0.1) is 0 Å². The molecule has 5 heteroatoms.